The molecule has 0 aromatic heterocycles. The van der Waals surface area contributed by atoms with Gasteiger partial charge in [-0.05, 0) is 35.3 Å². The highest BCUT2D eigenvalue weighted by Gasteiger charge is 2.21. The molecule has 0 amide bonds. The molecule has 0 bridgehead atoms. The van der Waals surface area contributed by atoms with Crippen molar-refractivity contribution < 1.29 is 0 Å². The molecule has 1 aromatic rings. The molecule has 2 aliphatic heterocycles. The molecule has 1 aromatic carbocycles. The van der Waals surface area contributed by atoms with Gasteiger partial charge in [-0.15, -0.1) is 0 Å². The number of benzene rings is 1. The van der Waals surface area contributed by atoms with E-state index in [-0.39, 0.29) is 0 Å². The monoisotopic (exact) mass is 266 g/mol. The quantitative estimate of drug-likeness (QED) is 0.828. The summed E-state index contributed by atoms with van der Waals surface area (Å²) in [4.78, 5) is 4.85. The Morgan fingerprint density at radius 3 is 2.60 bits per heavy atom. The smallest absolute Gasteiger partial charge is 0.0391 e. The van der Waals surface area contributed by atoms with Gasteiger partial charge in [-0.3, -0.25) is 4.90 Å². The first-order chi connectivity index (χ1) is 9.74. The average molecular weight is 266 g/mol. The second-order valence-electron chi connectivity index (χ2n) is 5.60. The molecule has 2 heteroatoms. The molecule has 2 nitrogen and oxygen atoms in total. The number of piperazine rings is 1. The van der Waals surface area contributed by atoms with E-state index in [0.717, 1.165) is 38.2 Å². The summed E-state index contributed by atoms with van der Waals surface area (Å²) in [5.41, 5.74) is 5.29. The van der Waals surface area contributed by atoms with Crippen LogP contribution in [-0.4, -0.2) is 29.4 Å². The lowest BCUT2D eigenvalue weighted by Gasteiger charge is -2.37. The lowest BCUT2D eigenvalue weighted by molar-refractivity contribution is 0.201. The van der Waals surface area contributed by atoms with Gasteiger partial charge >= 0.3 is 0 Å². The van der Waals surface area contributed by atoms with Crippen molar-refractivity contribution in [3.8, 4) is 0 Å². The van der Waals surface area contributed by atoms with E-state index in [2.05, 4.69) is 65.9 Å². The van der Waals surface area contributed by atoms with Crippen LogP contribution in [0.25, 0.3) is 0 Å². The Hall–Kier alpha value is -1.80. The van der Waals surface area contributed by atoms with Crippen LogP contribution in [0.2, 0.25) is 0 Å². The van der Waals surface area contributed by atoms with Crippen LogP contribution >= 0.6 is 0 Å². The number of aryl methyl sites for hydroxylation is 1. The Bertz CT molecular complexity index is 551. The fourth-order valence-corrected chi connectivity index (χ4v) is 2.81. The number of hydrogen-bond acceptors (Lipinski definition) is 2. The molecule has 3 rings (SSSR count). The van der Waals surface area contributed by atoms with Crippen molar-refractivity contribution in [1.82, 2.24) is 9.80 Å². The maximum absolute atomic E-state index is 4.02. The normalized spacial score (nSPS) is 18.9. The maximum atomic E-state index is 4.02. The van der Waals surface area contributed by atoms with E-state index in [0.29, 0.717) is 0 Å². The van der Waals surface area contributed by atoms with E-state index in [9.17, 15) is 0 Å². The van der Waals surface area contributed by atoms with Crippen LogP contribution in [0, 0.1) is 0 Å². The lowest BCUT2D eigenvalue weighted by atomic mass is 10.1. The molecule has 2 heterocycles. The van der Waals surface area contributed by atoms with Crippen molar-refractivity contribution in [1.29, 1.82) is 0 Å². The Kier molecular flexibility index (Phi) is 3.75. The summed E-state index contributed by atoms with van der Waals surface area (Å²) in [7, 11) is 0. The van der Waals surface area contributed by atoms with Gasteiger partial charge in [0.2, 0.25) is 0 Å². The molecule has 0 aliphatic carbocycles. The first-order valence-electron chi connectivity index (χ1n) is 7.39. The molecule has 1 fully saturated rings. The SMILES string of the molecule is C=C1C=CN2CCN(Cc3ccc(CC)cc3)CC2=C1. The zero-order valence-corrected chi connectivity index (χ0v) is 12.2. The second kappa shape index (κ2) is 5.68. The van der Waals surface area contributed by atoms with Crippen molar-refractivity contribution in [3.05, 3.63) is 71.6 Å². The fraction of sp³-hybridized carbons (Fsp3) is 0.333. The van der Waals surface area contributed by atoms with Gasteiger partial charge in [0, 0.05) is 38.1 Å². The van der Waals surface area contributed by atoms with E-state index in [1.807, 2.05) is 0 Å². The largest absolute Gasteiger partial charge is 0.349 e. The van der Waals surface area contributed by atoms with Crippen molar-refractivity contribution >= 4 is 0 Å². The van der Waals surface area contributed by atoms with E-state index in [1.165, 1.54) is 16.8 Å². The zero-order valence-electron chi connectivity index (χ0n) is 12.2. The third-order valence-corrected chi connectivity index (χ3v) is 4.07. The number of allylic oxidation sites excluding steroid dienone is 3. The minimum Gasteiger partial charge on any atom is -0.349 e. The summed E-state index contributed by atoms with van der Waals surface area (Å²) in [6.07, 6.45) is 7.56. The fourth-order valence-electron chi connectivity index (χ4n) is 2.81. The minimum absolute atomic E-state index is 1.01. The van der Waals surface area contributed by atoms with Crippen LogP contribution in [-0.2, 0) is 13.0 Å². The third-order valence-electron chi connectivity index (χ3n) is 4.07. The summed E-state index contributed by atoms with van der Waals surface area (Å²) in [6.45, 7) is 10.5. The zero-order chi connectivity index (χ0) is 13.9. The van der Waals surface area contributed by atoms with Gasteiger partial charge in [-0.2, -0.15) is 0 Å². The van der Waals surface area contributed by atoms with Crippen molar-refractivity contribution in [2.75, 3.05) is 19.6 Å². The molecular formula is C18H22N2. The maximum Gasteiger partial charge on any atom is 0.0391 e. The molecular weight excluding hydrogens is 244 g/mol. The highest BCUT2D eigenvalue weighted by Crippen LogP contribution is 2.21. The summed E-state index contributed by atoms with van der Waals surface area (Å²) in [5, 5.41) is 0. The summed E-state index contributed by atoms with van der Waals surface area (Å²) in [6, 6.07) is 9.02. The third kappa shape index (κ3) is 2.86. The predicted molar refractivity (Wildman–Crippen MR) is 84.2 cm³/mol. The van der Waals surface area contributed by atoms with E-state index in [1.54, 1.807) is 0 Å². The van der Waals surface area contributed by atoms with E-state index < -0.39 is 0 Å². The molecule has 0 radical (unpaired) electrons. The van der Waals surface area contributed by atoms with Crippen LogP contribution in [0.5, 0.6) is 0 Å². The second-order valence-corrected chi connectivity index (χ2v) is 5.60. The molecule has 2 aliphatic rings. The van der Waals surface area contributed by atoms with Crippen LogP contribution in [0.3, 0.4) is 0 Å². The molecule has 0 N–H and O–H groups in total. The minimum atomic E-state index is 1.01. The number of fused-ring (bicyclic) bond motifs is 1. The first kappa shape index (κ1) is 13.2. The molecule has 104 valence electrons. The highest BCUT2D eigenvalue weighted by molar-refractivity contribution is 5.36. The van der Waals surface area contributed by atoms with Gasteiger partial charge in [-0.25, -0.2) is 0 Å². The molecule has 0 atom stereocenters. The van der Waals surface area contributed by atoms with Crippen LogP contribution < -0.4 is 0 Å². The standard InChI is InChI=1S/C18H22N2/c1-3-16-4-6-17(7-5-16)13-19-10-11-20-9-8-15(2)12-18(20)14-19/h4-9,12H,2-3,10-11,13-14H2,1H3. The molecule has 0 spiro atoms. The van der Waals surface area contributed by atoms with Crippen LogP contribution in [0.4, 0.5) is 0 Å². The van der Waals surface area contributed by atoms with E-state index in [4.69, 9.17) is 0 Å². The highest BCUT2D eigenvalue weighted by atomic mass is 15.3. The summed E-state index contributed by atoms with van der Waals surface area (Å²) in [5.74, 6) is 0. The van der Waals surface area contributed by atoms with Gasteiger partial charge in [0.15, 0.2) is 0 Å². The predicted octanol–water partition coefficient (Wildman–Crippen LogP) is 3.33. The summed E-state index contributed by atoms with van der Waals surface area (Å²) >= 11 is 0. The van der Waals surface area contributed by atoms with Gasteiger partial charge in [-0.1, -0.05) is 37.8 Å². The van der Waals surface area contributed by atoms with Crippen molar-refractivity contribution in [3.63, 3.8) is 0 Å². The lowest BCUT2D eigenvalue weighted by Crippen LogP contribution is -2.42. The van der Waals surface area contributed by atoms with Gasteiger partial charge < -0.3 is 4.90 Å². The number of hydrogen-bond donors (Lipinski definition) is 0. The van der Waals surface area contributed by atoms with Crippen LogP contribution in [0.1, 0.15) is 18.1 Å². The summed E-state index contributed by atoms with van der Waals surface area (Å²) < 4.78 is 0. The van der Waals surface area contributed by atoms with Gasteiger partial charge in [0.05, 0.1) is 0 Å². The Balaban J connectivity index is 1.65. The van der Waals surface area contributed by atoms with Gasteiger partial charge in [0.25, 0.3) is 0 Å². The number of nitrogens with zero attached hydrogens (tertiary/aromatic N) is 2. The van der Waals surface area contributed by atoms with Gasteiger partial charge in [0.1, 0.15) is 0 Å². The Morgan fingerprint density at radius 1 is 1.10 bits per heavy atom. The molecule has 1 saturated heterocycles. The van der Waals surface area contributed by atoms with Crippen LogP contribution in [0.15, 0.2) is 60.5 Å². The van der Waals surface area contributed by atoms with Crippen molar-refractivity contribution in [2.24, 2.45) is 0 Å². The Labute approximate surface area is 121 Å². The molecule has 0 saturated carbocycles. The first-order valence-corrected chi connectivity index (χ1v) is 7.39. The average Bonchev–Trinajstić information content (AvgIpc) is 2.47. The number of rotatable bonds is 3. The topological polar surface area (TPSA) is 6.48 Å². The Morgan fingerprint density at radius 2 is 1.85 bits per heavy atom. The van der Waals surface area contributed by atoms with Crippen molar-refractivity contribution in [2.45, 2.75) is 19.9 Å². The van der Waals surface area contributed by atoms with E-state index >= 15 is 0 Å². The molecule has 0 unspecified atom stereocenters. The molecule has 20 heavy (non-hydrogen) atoms.